The van der Waals surface area contributed by atoms with Gasteiger partial charge in [0.15, 0.2) is 0 Å². The molecule has 0 bridgehead atoms. The average molecular weight is 293 g/mol. The molecule has 2 unspecified atom stereocenters. The van der Waals surface area contributed by atoms with Crippen LogP contribution in [0.2, 0.25) is 0 Å². The summed E-state index contributed by atoms with van der Waals surface area (Å²) in [4.78, 5) is 12.3. The van der Waals surface area contributed by atoms with Crippen molar-refractivity contribution >= 4 is 30.1 Å². The third-order valence-electron chi connectivity index (χ3n) is 4.14. The van der Waals surface area contributed by atoms with Gasteiger partial charge in [0.1, 0.15) is 0 Å². The van der Waals surface area contributed by atoms with E-state index in [-0.39, 0.29) is 29.8 Å². The highest BCUT2D eigenvalue weighted by Crippen LogP contribution is 2.32. The molecular weight excluding hydrogens is 268 g/mol. The number of nitrogens with two attached hydrogens (primary N) is 1. The van der Waals surface area contributed by atoms with Crippen molar-refractivity contribution in [2.45, 2.75) is 57.0 Å². The molecule has 1 heterocycles. The van der Waals surface area contributed by atoms with Gasteiger partial charge in [0.2, 0.25) is 5.91 Å². The fourth-order valence-corrected chi connectivity index (χ4v) is 4.04. The lowest BCUT2D eigenvalue weighted by Gasteiger charge is -2.38. The number of carbonyl (C=O) groups is 1. The van der Waals surface area contributed by atoms with Gasteiger partial charge >= 0.3 is 0 Å². The van der Waals surface area contributed by atoms with Gasteiger partial charge in [-0.25, -0.2) is 0 Å². The van der Waals surface area contributed by atoms with Gasteiger partial charge in [0, 0.05) is 11.6 Å². The minimum Gasteiger partial charge on any atom is -0.353 e. The maximum Gasteiger partial charge on any atom is 0.225 e. The highest BCUT2D eigenvalue weighted by molar-refractivity contribution is 7.99. The van der Waals surface area contributed by atoms with Gasteiger partial charge in [-0.15, -0.1) is 12.4 Å². The second kappa shape index (κ2) is 7.01. The van der Waals surface area contributed by atoms with Crippen LogP contribution in [0.15, 0.2) is 0 Å². The largest absolute Gasteiger partial charge is 0.353 e. The van der Waals surface area contributed by atoms with E-state index < -0.39 is 0 Å². The molecule has 0 spiro atoms. The molecule has 2 fully saturated rings. The van der Waals surface area contributed by atoms with Gasteiger partial charge < -0.3 is 11.1 Å². The highest BCUT2D eigenvalue weighted by Gasteiger charge is 2.38. The summed E-state index contributed by atoms with van der Waals surface area (Å²) in [5.41, 5.74) is 5.96. The fourth-order valence-electron chi connectivity index (χ4n) is 2.93. The molecule has 1 saturated heterocycles. The van der Waals surface area contributed by atoms with Crippen molar-refractivity contribution in [1.29, 1.82) is 0 Å². The SMILES string of the molecule is CC1(N)CCCCC1C(=O)NC1CCSCC1.Cl. The Bertz CT molecular complexity index is 280. The standard InChI is InChI=1S/C13H24N2OS.ClH/c1-13(14)7-3-2-4-11(13)12(16)15-10-5-8-17-9-6-10;/h10-11H,2-9,14H2,1H3,(H,15,16);1H. The van der Waals surface area contributed by atoms with Crippen LogP contribution in [-0.4, -0.2) is 29.0 Å². The van der Waals surface area contributed by atoms with Gasteiger partial charge in [0.25, 0.3) is 0 Å². The van der Waals surface area contributed by atoms with Crippen molar-refractivity contribution in [1.82, 2.24) is 5.32 Å². The van der Waals surface area contributed by atoms with Crippen LogP contribution >= 0.6 is 24.2 Å². The number of thioether (sulfide) groups is 1. The summed E-state index contributed by atoms with van der Waals surface area (Å²) in [5.74, 6) is 2.57. The fraction of sp³-hybridized carbons (Fsp3) is 0.923. The highest BCUT2D eigenvalue weighted by atomic mass is 35.5. The number of hydrogen-bond acceptors (Lipinski definition) is 3. The van der Waals surface area contributed by atoms with Crippen LogP contribution < -0.4 is 11.1 Å². The van der Waals surface area contributed by atoms with Gasteiger partial charge in [0.05, 0.1) is 5.92 Å². The third-order valence-corrected chi connectivity index (χ3v) is 5.19. The summed E-state index contributed by atoms with van der Waals surface area (Å²) in [5, 5.41) is 3.21. The molecule has 0 aromatic heterocycles. The quantitative estimate of drug-likeness (QED) is 0.821. The Balaban J connectivity index is 0.00000162. The Kier molecular flexibility index (Phi) is 6.28. The predicted octanol–water partition coefficient (Wildman–Crippen LogP) is 2.33. The molecule has 0 radical (unpaired) electrons. The molecule has 2 atom stereocenters. The van der Waals surface area contributed by atoms with Crippen LogP contribution in [0, 0.1) is 5.92 Å². The number of carbonyl (C=O) groups excluding carboxylic acids is 1. The van der Waals surface area contributed by atoms with E-state index in [0.717, 1.165) is 38.5 Å². The van der Waals surface area contributed by atoms with Crippen LogP contribution in [0.25, 0.3) is 0 Å². The van der Waals surface area contributed by atoms with Crippen molar-refractivity contribution < 1.29 is 4.79 Å². The smallest absolute Gasteiger partial charge is 0.225 e. The van der Waals surface area contributed by atoms with E-state index >= 15 is 0 Å². The molecule has 1 amide bonds. The summed E-state index contributed by atoms with van der Waals surface area (Å²) in [6.07, 6.45) is 6.48. The first-order valence-electron chi connectivity index (χ1n) is 6.76. The lowest BCUT2D eigenvalue weighted by molar-refractivity contribution is -0.128. The van der Waals surface area contributed by atoms with Crippen LogP contribution in [0.3, 0.4) is 0 Å². The zero-order valence-electron chi connectivity index (χ0n) is 11.1. The zero-order chi connectivity index (χ0) is 12.3. The molecule has 106 valence electrons. The predicted molar refractivity (Wildman–Crippen MR) is 80.3 cm³/mol. The number of hydrogen-bond donors (Lipinski definition) is 2. The summed E-state index contributed by atoms with van der Waals surface area (Å²) in [7, 11) is 0. The van der Waals surface area contributed by atoms with Gasteiger partial charge in [-0.2, -0.15) is 11.8 Å². The second-order valence-electron chi connectivity index (χ2n) is 5.70. The molecule has 2 rings (SSSR count). The Morgan fingerprint density at radius 3 is 2.56 bits per heavy atom. The van der Waals surface area contributed by atoms with Crippen molar-refractivity contribution in [2.75, 3.05) is 11.5 Å². The first kappa shape index (κ1) is 16.1. The molecule has 1 aliphatic carbocycles. The van der Waals surface area contributed by atoms with Crippen molar-refractivity contribution in [3.8, 4) is 0 Å². The Morgan fingerprint density at radius 1 is 1.28 bits per heavy atom. The van der Waals surface area contributed by atoms with Crippen molar-refractivity contribution in [2.24, 2.45) is 11.7 Å². The van der Waals surface area contributed by atoms with Crippen molar-refractivity contribution in [3.05, 3.63) is 0 Å². The second-order valence-corrected chi connectivity index (χ2v) is 6.92. The van der Waals surface area contributed by atoms with E-state index in [1.165, 1.54) is 11.5 Å². The summed E-state index contributed by atoms with van der Waals surface area (Å²) in [6.45, 7) is 2.03. The molecular formula is C13H25ClN2OS. The van der Waals surface area contributed by atoms with Gasteiger partial charge in [-0.1, -0.05) is 12.8 Å². The number of halogens is 1. The van der Waals surface area contributed by atoms with E-state index in [1.807, 2.05) is 18.7 Å². The van der Waals surface area contributed by atoms with Crippen LogP contribution in [0.1, 0.15) is 45.4 Å². The lowest BCUT2D eigenvalue weighted by Crippen LogP contribution is -2.54. The molecule has 0 aromatic rings. The van der Waals surface area contributed by atoms with E-state index in [2.05, 4.69) is 5.32 Å². The minimum absolute atomic E-state index is 0. The maximum absolute atomic E-state index is 12.3. The molecule has 3 nitrogen and oxygen atoms in total. The first-order chi connectivity index (χ1) is 8.09. The molecule has 5 heteroatoms. The molecule has 3 N–H and O–H groups in total. The Hall–Kier alpha value is 0.0700. The molecule has 18 heavy (non-hydrogen) atoms. The molecule has 1 aliphatic heterocycles. The monoisotopic (exact) mass is 292 g/mol. The molecule has 0 aromatic carbocycles. The Labute approximate surface area is 120 Å². The van der Waals surface area contributed by atoms with E-state index in [9.17, 15) is 4.79 Å². The summed E-state index contributed by atoms with van der Waals surface area (Å²) in [6, 6.07) is 0.390. The number of amides is 1. The topological polar surface area (TPSA) is 55.1 Å². The van der Waals surface area contributed by atoms with Crippen LogP contribution in [0.5, 0.6) is 0 Å². The summed E-state index contributed by atoms with van der Waals surface area (Å²) >= 11 is 1.99. The van der Waals surface area contributed by atoms with Gasteiger partial charge in [-0.05, 0) is 44.1 Å². The normalized spacial score (nSPS) is 33.6. The maximum atomic E-state index is 12.3. The van der Waals surface area contributed by atoms with Crippen molar-refractivity contribution in [3.63, 3.8) is 0 Å². The van der Waals surface area contributed by atoms with E-state index in [4.69, 9.17) is 5.73 Å². The van der Waals surface area contributed by atoms with Crippen LogP contribution in [-0.2, 0) is 4.79 Å². The minimum atomic E-state index is -0.300. The first-order valence-corrected chi connectivity index (χ1v) is 7.92. The molecule has 2 aliphatic rings. The average Bonchev–Trinajstić information content (AvgIpc) is 2.29. The van der Waals surface area contributed by atoms with Gasteiger partial charge in [-0.3, -0.25) is 4.79 Å². The van der Waals surface area contributed by atoms with Crippen LogP contribution in [0.4, 0.5) is 0 Å². The number of nitrogens with one attached hydrogen (secondary N) is 1. The van der Waals surface area contributed by atoms with E-state index in [1.54, 1.807) is 0 Å². The molecule has 1 saturated carbocycles. The number of rotatable bonds is 2. The van der Waals surface area contributed by atoms with E-state index in [0.29, 0.717) is 6.04 Å². The lowest BCUT2D eigenvalue weighted by atomic mass is 9.74. The third kappa shape index (κ3) is 4.04. The Morgan fingerprint density at radius 2 is 1.94 bits per heavy atom. The summed E-state index contributed by atoms with van der Waals surface area (Å²) < 4.78 is 0. The zero-order valence-corrected chi connectivity index (χ0v) is 12.7.